The SMILES string of the molecule is O=C(O)Cc1ccc2oc(-c3ccc(NC(=O)/C=C/c4ccc(Br)cc4)cc3Cl)nc2c1. The summed E-state index contributed by atoms with van der Waals surface area (Å²) >= 11 is 9.78. The molecule has 0 saturated heterocycles. The van der Waals surface area contributed by atoms with Crippen LogP contribution < -0.4 is 5.32 Å². The monoisotopic (exact) mass is 510 g/mol. The number of carboxylic acids is 1. The van der Waals surface area contributed by atoms with Crippen LogP contribution in [0.25, 0.3) is 28.6 Å². The van der Waals surface area contributed by atoms with Crippen molar-refractivity contribution in [2.75, 3.05) is 5.32 Å². The van der Waals surface area contributed by atoms with Crippen LogP contribution in [0.1, 0.15) is 11.1 Å². The average Bonchev–Trinajstić information content (AvgIpc) is 3.16. The molecule has 160 valence electrons. The summed E-state index contributed by atoms with van der Waals surface area (Å²) in [5.41, 5.74) is 3.70. The van der Waals surface area contributed by atoms with Crippen LogP contribution in [-0.2, 0) is 16.0 Å². The van der Waals surface area contributed by atoms with Gasteiger partial charge >= 0.3 is 5.97 Å². The molecule has 0 aliphatic rings. The number of oxazole rings is 1. The minimum Gasteiger partial charge on any atom is -0.481 e. The van der Waals surface area contributed by atoms with Gasteiger partial charge in [0.15, 0.2) is 5.58 Å². The minimum absolute atomic E-state index is 0.0937. The van der Waals surface area contributed by atoms with Gasteiger partial charge in [-0.1, -0.05) is 45.7 Å². The quantitative estimate of drug-likeness (QED) is 0.301. The van der Waals surface area contributed by atoms with Gasteiger partial charge in [-0.15, -0.1) is 0 Å². The summed E-state index contributed by atoms with van der Waals surface area (Å²) in [5, 5.41) is 12.1. The Morgan fingerprint density at radius 2 is 1.88 bits per heavy atom. The Morgan fingerprint density at radius 3 is 2.59 bits per heavy atom. The number of carbonyl (C=O) groups is 2. The molecule has 1 amide bonds. The Bertz CT molecular complexity index is 1350. The van der Waals surface area contributed by atoms with E-state index in [0.29, 0.717) is 38.8 Å². The lowest BCUT2D eigenvalue weighted by molar-refractivity contribution is -0.136. The zero-order valence-electron chi connectivity index (χ0n) is 16.5. The van der Waals surface area contributed by atoms with Crippen LogP contribution in [0.3, 0.4) is 0 Å². The predicted molar refractivity (Wildman–Crippen MR) is 128 cm³/mol. The molecule has 4 aromatic rings. The van der Waals surface area contributed by atoms with Crippen molar-refractivity contribution in [2.45, 2.75) is 6.42 Å². The summed E-state index contributed by atoms with van der Waals surface area (Å²) < 4.78 is 6.73. The number of aromatic nitrogens is 1. The van der Waals surface area contributed by atoms with Crippen molar-refractivity contribution in [3.8, 4) is 11.5 Å². The molecule has 4 rings (SSSR count). The standard InChI is InChI=1S/C24H16BrClN2O4/c25-16-5-1-14(2-6-16)4-10-22(29)27-17-7-8-18(19(26)13-17)24-28-20-11-15(12-23(30)31)3-9-21(20)32-24/h1-11,13H,12H2,(H,27,29)(H,30,31)/b10-4+. The summed E-state index contributed by atoms with van der Waals surface area (Å²) in [6, 6.07) is 17.7. The number of carboxylic acid groups (broad SMARTS) is 1. The third kappa shape index (κ3) is 5.25. The Kier molecular flexibility index (Phi) is 6.39. The third-order valence-electron chi connectivity index (χ3n) is 4.57. The van der Waals surface area contributed by atoms with E-state index < -0.39 is 5.97 Å². The number of hydrogen-bond acceptors (Lipinski definition) is 4. The number of amides is 1. The van der Waals surface area contributed by atoms with Crippen LogP contribution >= 0.6 is 27.5 Å². The second-order valence-electron chi connectivity index (χ2n) is 6.96. The van der Waals surface area contributed by atoms with Gasteiger partial charge in [0.25, 0.3) is 0 Å². The Hall–Kier alpha value is -3.42. The predicted octanol–water partition coefficient (Wildman–Crippen LogP) is 6.19. The summed E-state index contributed by atoms with van der Waals surface area (Å²) in [6.07, 6.45) is 3.07. The van der Waals surface area contributed by atoms with Gasteiger partial charge in [0, 0.05) is 16.2 Å². The number of nitrogens with zero attached hydrogens (tertiary/aromatic N) is 1. The number of rotatable bonds is 6. The van der Waals surface area contributed by atoms with Crippen LogP contribution in [0.4, 0.5) is 5.69 Å². The maximum atomic E-state index is 12.2. The summed E-state index contributed by atoms with van der Waals surface area (Å²) in [6.45, 7) is 0. The van der Waals surface area contributed by atoms with Crippen LogP contribution in [0.2, 0.25) is 5.02 Å². The van der Waals surface area contributed by atoms with Crippen LogP contribution in [0, 0.1) is 0 Å². The Morgan fingerprint density at radius 1 is 1.09 bits per heavy atom. The largest absolute Gasteiger partial charge is 0.481 e. The second kappa shape index (κ2) is 9.38. The molecule has 0 spiro atoms. The molecule has 1 aromatic heterocycles. The molecule has 0 saturated carbocycles. The molecule has 2 N–H and O–H groups in total. The van der Waals surface area contributed by atoms with Crippen LogP contribution in [0.5, 0.6) is 0 Å². The number of fused-ring (bicyclic) bond motifs is 1. The fourth-order valence-corrected chi connectivity index (χ4v) is 3.59. The van der Waals surface area contributed by atoms with Crippen LogP contribution in [-0.4, -0.2) is 22.0 Å². The molecule has 8 heteroatoms. The lowest BCUT2D eigenvalue weighted by Crippen LogP contribution is -2.07. The highest BCUT2D eigenvalue weighted by Gasteiger charge is 2.14. The van der Waals surface area contributed by atoms with Gasteiger partial charge in [-0.3, -0.25) is 9.59 Å². The number of carbonyl (C=O) groups excluding carboxylic acids is 1. The first kappa shape index (κ1) is 21.8. The fraction of sp³-hybridized carbons (Fsp3) is 0.0417. The van der Waals surface area contributed by atoms with Crippen molar-refractivity contribution < 1.29 is 19.1 Å². The molecule has 0 unspecified atom stereocenters. The highest BCUT2D eigenvalue weighted by atomic mass is 79.9. The highest BCUT2D eigenvalue weighted by Crippen LogP contribution is 2.32. The van der Waals surface area contributed by atoms with Gasteiger partial charge < -0.3 is 14.8 Å². The molecule has 0 bridgehead atoms. The summed E-state index contributed by atoms with van der Waals surface area (Å²) in [7, 11) is 0. The molecule has 0 radical (unpaired) electrons. The normalized spacial score (nSPS) is 11.2. The smallest absolute Gasteiger partial charge is 0.307 e. The van der Waals surface area contributed by atoms with Gasteiger partial charge in [0.05, 0.1) is 17.0 Å². The highest BCUT2D eigenvalue weighted by molar-refractivity contribution is 9.10. The lowest BCUT2D eigenvalue weighted by atomic mass is 10.1. The van der Waals surface area contributed by atoms with E-state index in [-0.39, 0.29) is 12.3 Å². The van der Waals surface area contributed by atoms with E-state index in [2.05, 4.69) is 26.2 Å². The van der Waals surface area contributed by atoms with E-state index in [1.54, 1.807) is 42.5 Å². The molecular formula is C24H16BrClN2O4. The Labute approximate surface area is 196 Å². The number of hydrogen-bond donors (Lipinski definition) is 2. The number of nitrogens with one attached hydrogen (secondary N) is 1. The topological polar surface area (TPSA) is 92.4 Å². The van der Waals surface area contributed by atoms with E-state index in [0.717, 1.165) is 10.0 Å². The van der Waals surface area contributed by atoms with Gasteiger partial charge in [-0.25, -0.2) is 4.98 Å². The van der Waals surface area contributed by atoms with Crippen LogP contribution in [0.15, 0.2) is 75.6 Å². The molecule has 0 aliphatic carbocycles. The number of anilines is 1. The van der Waals surface area contributed by atoms with Crippen molar-refractivity contribution >= 4 is 62.3 Å². The van der Waals surface area contributed by atoms with E-state index in [4.69, 9.17) is 21.1 Å². The fourth-order valence-electron chi connectivity index (χ4n) is 3.07. The van der Waals surface area contributed by atoms with E-state index in [9.17, 15) is 9.59 Å². The molecular weight excluding hydrogens is 496 g/mol. The number of aliphatic carboxylic acids is 1. The Balaban J connectivity index is 1.49. The van der Waals surface area contributed by atoms with Crippen molar-refractivity contribution in [3.63, 3.8) is 0 Å². The van der Waals surface area contributed by atoms with Crippen molar-refractivity contribution in [3.05, 3.63) is 87.4 Å². The average molecular weight is 512 g/mol. The molecule has 0 atom stereocenters. The van der Waals surface area contributed by atoms with Gasteiger partial charge in [-0.05, 0) is 59.7 Å². The zero-order valence-corrected chi connectivity index (χ0v) is 18.9. The molecule has 6 nitrogen and oxygen atoms in total. The first-order valence-electron chi connectivity index (χ1n) is 9.53. The van der Waals surface area contributed by atoms with Crippen molar-refractivity contribution in [1.82, 2.24) is 4.98 Å². The van der Waals surface area contributed by atoms with E-state index in [1.165, 1.54) is 6.08 Å². The zero-order chi connectivity index (χ0) is 22.7. The molecule has 0 aliphatic heterocycles. The first-order chi connectivity index (χ1) is 15.4. The molecule has 1 heterocycles. The van der Waals surface area contributed by atoms with Crippen molar-refractivity contribution in [1.29, 1.82) is 0 Å². The minimum atomic E-state index is -0.916. The second-order valence-corrected chi connectivity index (χ2v) is 8.28. The van der Waals surface area contributed by atoms with Crippen molar-refractivity contribution in [2.24, 2.45) is 0 Å². The number of halogens is 2. The lowest BCUT2D eigenvalue weighted by Gasteiger charge is -2.05. The number of benzene rings is 3. The molecule has 0 fully saturated rings. The maximum Gasteiger partial charge on any atom is 0.307 e. The summed E-state index contributed by atoms with van der Waals surface area (Å²) in [4.78, 5) is 27.6. The molecule has 32 heavy (non-hydrogen) atoms. The van der Waals surface area contributed by atoms with E-state index >= 15 is 0 Å². The first-order valence-corrected chi connectivity index (χ1v) is 10.7. The molecule has 3 aromatic carbocycles. The maximum absolute atomic E-state index is 12.2. The van der Waals surface area contributed by atoms with Gasteiger partial charge in [0.2, 0.25) is 11.8 Å². The third-order valence-corrected chi connectivity index (χ3v) is 5.41. The van der Waals surface area contributed by atoms with Gasteiger partial charge in [-0.2, -0.15) is 0 Å². The van der Waals surface area contributed by atoms with Gasteiger partial charge in [0.1, 0.15) is 5.52 Å². The summed E-state index contributed by atoms with van der Waals surface area (Å²) in [5.74, 6) is -0.893. The van der Waals surface area contributed by atoms with E-state index in [1.807, 2.05) is 24.3 Å².